The Labute approximate surface area is 119 Å². The van der Waals surface area contributed by atoms with Gasteiger partial charge in [-0.1, -0.05) is 0 Å². The average molecular weight is 284 g/mol. The highest BCUT2D eigenvalue weighted by molar-refractivity contribution is 5.95. The predicted molar refractivity (Wildman–Crippen MR) is 77.8 cm³/mol. The molecule has 2 heterocycles. The number of nitrogens with one attached hydrogen (secondary N) is 1. The van der Waals surface area contributed by atoms with Crippen molar-refractivity contribution >= 4 is 28.5 Å². The number of hydrogen-bond donors (Lipinski definition) is 3. The zero-order chi connectivity index (χ0) is 15.0. The highest BCUT2D eigenvalue weighted by atomic mass is 16.4. The van der Waals surface area contributed by atoms with Gasteiger partial charge in [-0.25, -0.2) is 4.79 Å². The van der Waals surface area contributed by atoms with Gasteiger partial charge in [-0.15, -0.1) is 10.2 Å². The van der Waals surface area contributed by atoms with Crippen LogP contribution in [0.2, 0.25) is 0 Å². The third-order valence-corrected chi connectivity index (χ3v) is 2.99. The number of anilines is 2. The van der Waals surface area contributed by atoms with Crippen molar-refractivity contribution < 1.29 is 9.90 Å². The van der Waals surface area contributed by atoms with Crippen LogP contribution in [0.3, 0.4) is 0 Å². The summed E-state index contributed by atoms with van der Waals surface area (Å²) in [5, 5.41) is 23.4. The second-order valence-corrected chi connectivity index (χ2v) is 4.57. The molecule has 0 bridgehead atoms. The van der Waals surface area contributed by atoms with Gasteiger partial charge in [0.1, 0.15) is 5.52 Å². The van der Waals surface area contributed by atoms with Gasteiger partial charge in [-0.2, -0.15) is 5.10 Å². The monoisotopic (exact) mass is 284 g/mol. The third-order valence-electron chi connectivity index (χ3n) is 2.99. The van der Waals surface area contributed by atoms with Crippen molar-refractivity contribution in [2.45, 2.75) is 0 Å². The standard InChI is InChI=1S/C13H12N6O2/c1-19-6-9(5-15-19)7-2-8-4-11(16-13(20)21)17-18-12(8)10(14)3-7/h2-6H,14H2,1H3,(H,16,17)(H,20,21). The molecule has 0 unspecified atom stereocenters. The molecule has 0 spiro atoms. The molecular formula is C13H12N6O2. The lowest BCUT2D eigenvalue weighted by Crippen LogP contribution is -2.09. The lowest BCUT2D eigenvalue weighted by Gasteiger charge is -2.06. The van der Waals surface area contributed by atoms with E-state index in [0.717, 1.165) is 11.1 Å². The number of aryl methyl sites for hydroxylation is 1. The first-order valence-corrected chi connectivity index (χ1v) is 6.09. The summed E-state index contributed by atoms with van der Waals surface area (Å²) in [7, 11) is 1.83. The van der Waals surface area contributed by atoms with E-state index >= 15 is 0 Å². The first kappa shape index (κ1) is 12.9. The van der Waals surface area contributed by atoms with Gasteiger partial charge < -0.3 is 10.8 Å². The van der Waals surface area contributed by atoms with Crippen molar-refractivity contribution in [3.05, 3.63) is 30.6 Å². The van der Waals surface area contributed by atoms with Crippen LogP contribution < -0.4 is 11.1 Å². The van der Waals surface area contributed by atoms with Crippen LogP contribution in [0.15, 0.2) is 30.6 Å². The van der Waals surface area contributed by atoms with E-state index in [1.54, 1.807) is 23.0 Å². The molecule has 0 atom stereocenters. The second-order valence-electron chi connectivity index (χ2n) is 4.57. The molecule has 0 fully saturated rings. The van der Waals surface area contributed by atoms with Crippen molar-refractivity contribution in [1.29, 1.82) is 0 Å². The van der Waals surface area contributed by atoms with Gasteiger partial charge in [-0.3, -0.25) is 10.00 Å². The predicted octanol–water partition coefficient (Wildman–Crippen LogP) is 1.70. The van der Waals surface area contributed by atoms with E-state index in [2.05, 4.69) is 20.6 Å². The van der Waals surface area contributed by atoms with Gasteiger partial charge >= 0.3 is 6.09 Å². The Hall–Kier alpha value is -3.16. The van der Waals surface area contributed by atoms with E-state index < -0.39 is 6.09 Å². The molecule has 1 amide bonds. The molecule has 0 aliphatic heterocycles. The third kappa shape index (κ3) is 2.46. The van der Waals surface area contributed by atoms with Crippen molar-refractivity contribution in [3.8, 4) is 11.1 Å². The fraction of sp³-hybridized carbons (Fsp3) is 0.0769. The van der Waals surface area contributed by atoms with Gasteiger partial charge in [0.05, 0.1) is 11.9 Å². The normalized spacial score (nSPS) is 10.7. The van der Waals surface area contributed by atoms with Gasteiger partial charge in [0.25, 0.3) is 0 Å². The first-order chi connectivity index (χ1) is 10.0. The number of carbonyl (C=O) groups is 1. The van der Waals surface area contributed by atoms with E-state index in [-0.39, 0.29) is 5.82 Å². The second kappa shape index (κ2) is 4.75. The van der Waals surface area contributed by atoms with Crippen LogP contribution in [0.1, 0.15) is 0 Å². The summed E-state index contributed by atoms with van der Waals surface area (Å²) >= 11 is 0. The Kier molecular flexibility index (Phi) is 2.90. The number of rotatable bonds is 2. The quantitative estimate of drug-likeness (QED) is 0.616. The van der Waals surface area contributed by atoms with Crippen LogP contribution in [-0.4, -0.2) is 31.2 Å². The Morgan fingerprint density at radius 3 is 2.76 bits per heavy atom. The smallest absolute Gasteiger partial charge is 0.410 e. The molecule has 1 aromatic carbocycles. The van der Waals surface area contributed by atoms with Gasteiger partial charge in [0.15, 0.2) is 5.82 Å². The van der Waals surface area contributed by atoms with Crippen LogP contribution in [0.5, 0.6) is 0 Å². The van der Waals surface area contributed by atoms with E-state index in [1.807, 2.05) is 19.3 Å². The number of nitrogens with zero attached hydrogens (tertiary/aromatic N) is 4. The Morgan fingerprint density at radius 1 is 1.29 bits per heavy atom. The molecule has 8 nitrogen and oxygen atoms in total. The Balaban J connectivity index is 2.14. The minimum Gasteiger partial charge on any atom is -0.465 e. The SMILES string of the molecule is Cn1cc(-c2cc(N)c3nnc(NC(=O)O)cc3c2)cn1. The highest BCUT2D eigenvalue weighted by Gasteiger charge is 2.09. The number of nitrogen functional groups attached to an aromatic ring is 1. The fourth-order valence-corrected chi connectivity index (χ4v) is 2.09. The molecule has 3 rings (SSSR count). The molecule has 0 saturated heterocycles. The number of aromatic nitrogens is 4. The number of fused-ring (bicyclic) bond motifs is 1. The van der Waals surface area contributed by atoms with Gasteiger partial charge in [-0.05, 0) is 23.8 Å². The first-order valence-electron chi connectivity index (χ1n) is 6.09. The van der Waals surface area contributed by atoms with E-state index in [4.69, 9.17) is 10.8 Å². The van der Waals surface area contributed by atoms with Crippen molar-refractivity contribution in [2.75, 3.05) is 11.1 Å². The highest BCUT2D eigenvalue weighted by Crippen LogP contribution is 2.28. The van der Waals surface area contributed by atoms with Crippen LogP contribution in [0.25, 0.3) is 22.0 Å². The maximum absolute atomic E-state index is 10.6. The lowest BCUT2D eigenvalue weighted by atomic mass is 10.1. The fourth-order valence-electron chi connectivity index (χ4n) is 2.09. The van der Waals surface area contributed by atoms with E-state index in [1.165, 1.54) is 0 Å². The Morgan fingerprint density at radius 2 is 2.10 bits per heavy atom. The van der Waals surface area contributed by atoms with Gasteiger partial charge in [0, 0.05) is 24.2 Å². The number of nitrogens with two attached hydrogens (primary N) is 1. The van der Waals surface area contributed by atoms with Gasteiger partial charge in [0.2, 0.25) is 0 Å². The largest absolute Gasteiger partial charge is 0.465 e. The van der Waals surface area contributed by atoms with E-state index in [9.17, 15) is 4.79 Å². The van der Waals surface area contributed by atoms with E-state index in [0.29, 0.717) is 16.6 Å². The Bertz CT molecular complexity index is 842. The summed E-state index contributed by atoms with van der Waals surface area (Å²) in [4.78, 5) is 10.6. The molecule has 0 aliphatic rings. The summed E-state index contributed by atoms with van der Waals surface area (Å²) < 4.78 is 1.69. The van der Waals surface area contributed by atoms with Crippen molar-refractivity contribution in [1.82, 2.24) is 20.0 Å². The molecule has 8 heteroatoms. The molecule has 21 heavy (non-hydrogen) atoms. The molecule has 0 radical (unpaired) electrons. The molecule has 2 aromatic heterocycles. The van der Waals surface area contributed by atoms with Crippen molar-refractivity contribution in [2.24, 2.45) is 7.05 Å². The molecule has 3 aromatic rings. The summed E-state index contributed by atoms with van der Waals surface area (Å²) in [6.07, 6.45) is 2.40. The average Bonchev–Trinajstić information content (AvgIpc) is 2.84. The molecule has 0 aliphatic carbocycles. The summed E-state index contributed by atoms with van der Waals surface area (Å²) in [6.45, 7) is 0. The summed E-state index contributed by atoms with van der Waals surface area (Å²) in [6, 6.07) is 5.25. The van der Waals surface area contributed by atoms with Crippen LogP contribution in [-0.2, 0) is 7.05 Å². The lowest BCUT2D eigenvalue weighted by molar-refractivity contribution is 0.209. The number of benzene rings is 1. The van der Waals surface area contributed by atoms with Crippen molar-refractivity contribution in [3.63, 3.8) is 0 Å². The topological polar surface area (TPSA) is 119 Å². The minimum absolute atomic E-state index is 0.151. The number of hydrogen-bond acceptors (Lipinski definition) is 5. The zero-order valence-electron chi connectivity index (χ0n) is 11.1. The molecule has 4 N–H and O–H groups in total. The van der Waals surface area contributed by atoms with Crippen LogP contribution >= 0.6 is 0 Å². The van der Waals surface area contributed by atoms with Crippen LogP contribution in [0, 0.1) is 0 Å². The molecule has 0 saturated carbocycles. The van der Waals surface area contributed by atoms with Crippen LogP contribution in [0.4, 0.5) is 16.3 Å². The number of amides is 1. The maximum atomic E-state index is 10.6. The molecular weight excluding hydrogens is 272 g/mol. The minimum atomic E-state index is -1.19. The number of carboxylic acid groups (broad SMARTS) is 1. The maximum Gasteiger partial charge on any atom is 0.410 e. The summed E-state index contributed by atoms with van der Waals surface area (Å²) in [5.41, 5.74) is 8.78. The summed E-state index contributed by atoms with van der Waals surface area (Å²) in [5.74, 6) is 0.151. The molecule has 106 valence electrons. The zero-order valence-corrected chi connectivity index (χ0v) is 11.1.